The highest BCUT2D eigenvalue weighted by Gasteiger charge is 2.34. The van der Waals surface area contributed by atoms with E-state index in [2.05, 4.69) is 4.90 Å². The molecule has 0 amide bonds. The molecule has 18 heavy (non-hydrogen) atoms. The third-order valence-corrected chi connectivity index (χ3v) is 3.21. The molecule has 1 unspecified atom stereocenters. The highest BCUT2D eigenvalue weighted by atomic mass is 16.5. The normalized spacial score (nSPS) is 19.1. The molecule has 0 spiro atoms. The summed E-state index contributed by atoms with van der Waals surface area (Å²) >= 11 is 0. The fraction of sp³-hybridized carbons (Fsp3) is 0.500. The Balaban J connectivity index is 1.63. The molecule has 0 aliphatic carbocycles. The molecular weight excluding hydrogens is 230 g/mol. The Morgan fingerprint density at radius 3 is 2.78 bits per heavy atom. The van der Waals surface area contributed by atoms with Crippen LogP contribution in [-0.4, -0.2) is 43.7 Å². The lowest BCUT2D eigenvalue weighted by Crippen LogP contribution is -2.53. The summed E-state index contributed by atoms with van der Waals surface area (Å²) < 4.78 is 10.4. The minimum Gasteiger partial charge on any atom is -0.494 e. The molecule has 98 valence electrons. The van der Waals surface area contributed by atoms with Gasteiger partial charge in [-0.25, -0.2) is 0 Å². The van der Waals surface area contributed by atoms with E-state index in [1.807, 2.05) is 30.3 Å². The van der Waals surface area contributed by atoms with Gasteiger partial charge < -0.3 is 9.47 Å². The van der Waals surface area contributed by atoms with Crippen molar-refractivity contribution >= 4 is 5.97 Å². The van der Waals surface area contributed by atoms with Crippen molar-refractivity contribution in [3.8, 4) is 5.75 Å². The summed E-state index contributed by atoms with van der Waals surface area (Å²) in [4.78, 5) is 13.5. The monoisotopic (exact) mass is 249 g/mol. The average molecular weight is 249 g/mol. The van der Waals surface area contributed by atoms with Gasteiger partial charge >= 0.3 is 5.97 Å². The maximum Gasteiger partial charge on any atom is 0.323 e. The molecule has 2 rings (SSSR count). The molecule has 4 heteroatoms. The van der Waals surface area contributed by atoms with Crippen molar-refractivity contribution in [2.75, 3.05) is 26.8 Å². The van der Waals surface area contributed by atoms with Gasteiger partial charge in [0.25, 0.3) is 0 Å². The molecule has 1 heterocycles. The summed E-state index contributed by atoms with van der Waals surface area (Å²) in [6.45, 7) is 2.53. The number of ether oxygens (including phenoxy) is 2. The number of hydrogen-bond acceptors (Lipinski definition) is 4. The molecule has 1 aliphatic heterocycles. The largest absolute Gasteiger partial charge is 0.494 e. The molecule has 0 saturated carbocycles. The molecule has 0 bridgehead atoms. The van der Waals surface area contributed by atoms with Crippen LogP contribution in [0.1, 0.15) is 12.8 Å². The van der Waals surface area contributed by atoms with Crippen molar-refractivity contribution in [2.24, 2.45) is 0 Å². The summed E-state index contributed by atoms with van der Waals surface area (Å²) in [6, 6.07) is 9.73. The highest BCUT2D eigenvalue weighted by Crippen LogP contribution is 2.18. The van der Waals surface area contributed by atoms with Gasteiger partial charge in [0.15, 0.2) is 0 Å². The molecule has 1 aromatic carbocycles. The van der Waals surface area contributed by atoms with Crippen LogP contribution in [0.4, 0.5) is 0 Å². The van der Waals surface area contributed by atoms with Crippen LogP contribution in [0.15, 0.2) is 30.3 Å². The number of hydrogen-bond donors (Lipinski definition) is 0. The number of likely N-dealkylation sites (tertiary alicyclic amines) is 1. The Morgan fingerprint density at radius 2 is 2.17 bits per heavy atom. The van der Waals surface area contributed by atoms with Crippen LogP contribution in [0, 0.1) is 0 Å². The number of benzene rings is 1. The van der Waals surface area contributed by atoms with Crippen molar-refractivity contribution in [3.63, 3.8) is 0 Å². The topological polar surface area (TPSA) is 38.8 Å². The zero-order chi connectivity index (χ0) is 12.8. The van der Waals surface area contributed by atoms with Crippen LogP contribution in [0.3, 0.4) is 0 Å². The van der Waals surface area contributed by atoms with E-state index >= 15 is 0 Å². The fourth-order valence-corrected chi connectivity index (χ4v) is 2.09. The lowest BCUT2D eigenvalue weighted by Gasteiger charge is -2.38. The molecule has 1 atom stereocenters. The summed E-state index contributed by atoms with van der Waals surface area (Å²) in [5.41, 5.74) is 0. The van der Waals surface area contributed by atoms with Crippen LogP contribution >= 0.6 is 0 Å². The summed E-state index contributed by atoms with van der Waals surface area (Å²) in [7, 11) is 1.44. The number of carbonyl (C=O) groups excluding carboxylic acids is 1. The number of nitrogens with zero attached hydrogens (tertiary/aromatic N) is 1. The molecule has 1 fully saturated rings. The van der Waals surface area contributed by atoms with E-state index in [0.29, 0.717) is 6.61 Å². The summed E-state index contributed by atoms with van der Waals surface area (Å²) in [5, 5.41) is 0. The van der Waals surface area contributed by atoms with E-state index in [1.165, 1.54) is 7.11 Å². The quantitative estimate of drug-likeness (QED) is 0.568. The van der Waals surface area contributed by atoms with Crippen molar-refractivity contribution in [1.82, 2.24) is 4.90 Å². The lowest BCUT2D eigenvalue weighted by molar-refractivity contribution is -0.151. The third kappa shape index (κ3) is 3.23. The predicted molar refractivity (Wildman–Crippen MR) is 68.5 cm³/mol. The first-order valence-electron chi connectivity index (χ1n) is 6.31. The minimum atomic E-state index is -0.120. The van der Waals surface area contributed by atoms with Gasteiger partial charge in [-0.3, -0.25) is 9.69 Å². The summed E-state index contributed by atoms with van der Waals surface area (Å²) in [6.07, 6.45) is 1.83. The molecule has 1 saturated heterocycles. The van der Waals surface area contributed by atoms with E-state index in [-0.39, 0.29) is 12.0 Å². The Labute approximate surface area is 107 Å². The average Bonchev–Trinajstić information content (AvgIpc) is 2.38. The standard InChI is InChI=1S/C14H19NO3/c1-17-14(16)13-8-10-15(13)9-5-11-18-12-6-3-2-4-7-12/h2-4,6-7,13H,5,8-11H2,1H3. The molecule has 0 aromatic heterocycles. The first kappa shape index (κ1) is 12.9. The second-order valence-electron chi connectivity index (χ2n) is 4.38. The second kappa shape index (κ2) is 6.40. The number of esters is 1. The maximum atomic E-state index is 11.4. The first-order valence-corrected chi connectivity index (χ1v) is 6.31. The van der Waals surface area contributed by atoms with Gasteiger partial charge in [0.2, 0.25) is 0 Å². The number of para-hydroxylation sites is 1. The minimum absolute atomic E-state index is 0.0354. The van der Waals surface area contributed by atoms with Crippen molar-refractivity contribution < 1.29 is 14.3 Å². The molecule has 1 aromatic rings. The van der Waals surface area contributed by atoms with Crippen molar-refractivity contribution in [3.05, 3.63) is 30.3 Å². The van der Waals surface area contributed by atoms with Crippen molar-refractivity contribution in [2.45, 2.75) is 18.9 Å². The van der Waals surface area contributed by atoms with E-state index in [1.54, 1.807) is 0 Å². The predicted octanol–water partition coefficient (Wildman–Crippen LogP) is 1.70. The van der Waals surface area contributed by atoms with Crippen molar-refractivity contribution in [1.29, 1.82) is 0 Å². The Morgan fingerprint density at radius 1 is 1.39 bits per heavy atom. The van der Waals surface area contributed by atoms with E-state index in [0.717, 1.165) is 31.7 Å². The molecule has 4 nitrogen and oxygen atoms in total. The molecule has 0 N–H and O–H groups in total. The van der Waals surface area contributed by atoms with Crippen LogP contribution in [0.25, 0.3) is 0 Å². The van der Waals surface area contributed by atoms with E-state index < -0.39 is 0 Å². The Hall–Kier alpha value is -1.55. The number of carbonyl (C=O) groups is 1. The molecule has 1 aliphatic rings. The van der Waals surface area contributed by atoms with E-state index in [4.69, 9.17) is 9.47 Å². The Bertz CT molecular complexity index is 380. The third-order valence-electron chi connectivity index (χ3n) is 3.21. The number of methoxy groups -OCH3 is 1. The van der Waals surface area contributed by atoms with Gasteiger partial charge in [-0.2, -0.15) is 0 Å². The van der Waals surface area contributed by atoms with Gasteiger partial charge in [-0.15, -0.1) is 0 Å². The van der Waals surface area contributed by atoms with Gasteiger partial charge in [-0.1, -0.05) is 18.2 Å². The van der Waals surface area contributed by atoms with E-state index in [9.17, 15) is 4.79 Å². The van der Waals surface area contributed by atoms with Gasteiger partial charge in [0.1, 0.15) is 11.8 Å². The summed E-state index contributed by atoms with van der Waals surface area (Å²) in [5.74, 6) is 0.774. The SMILES string of the molecule is COC(=O)C1CCN1CCCOc1ccccc1. The van der Waals surface area contributed by atoms with Crippen LogP contribution in [0.5, 0.6) is 5.75 Å². The highest BCUT2D eigenvalue weighted by molar-refractivity contribution is 5.76. The zero-order valence-corrected chi connectivity index (χ0v) is 10.7. The Kier molecular flexibility index (Phi) is 4.59. The molecule has 0 radical (unpaired) electrons. The van der Waals surface area contributed by atoms with Gasteiger partial charge in [0, 0.05) is 13.1 Å². The van der Waals surface area contributed by atoms with Crippen LogP contribution < -0.4 is 4.74 Å². The fourth-order valence-electron chi connectivity index (χ4n) is 2.09. The van der Waals surface area contributed by atoms with Gasteiger partial charge in [0.05, 0.1) is 13.7 Å². The lowest BCUT2D eigenvalue weighted by atomic mass is 10.0. The van der Waals surface area contributed by atoms with Crippen LogP contribution in [-0.2, 0) is 9.53 Å². The van der Waals surface area contributed by atoms with Crippen LogP contribution in [0.2, 0.25) is 0 Å². The second-order valence-corrected chi connectivity index (χ2v) is 4.38. The number of rotatable bonds is 6. The van der Waals surface area contributed by atoms with Gasteiger partial charge in [-0.05, 0) is 25.0 Å². The zero-order valence-electron chi connectivity index (χ0n) is 10.7. The smallest absolute Gasteiger partial charge is 0.323 e. The maximum absolute atomic E-state index is 11.4. The first-order chi connectivity index (χ1) is 8.81. The molecular formula is C14H19NO3.